The Labute approximate surface area is 56.0 Å². The van der Waals surface area contributed by atoms with Crippen LogP contribution in [0.15, 0.2) is 0 Å². The van der Waals surface area contributed by atoms with Gasteiger partial charge in [-0.2, -0.15) is 0 Å². The van der Waals surface area contributed by atoms with Gasteiger partial charge in [-0.3, -0.25) is 5.32 Å². The normalized spacial score (nSPS) is 30.7. The van der Waals surface area contributed by atoms with Crippen LogP contribution in [0.4, 0.5) is 0 Å². The van der Waals surface area contributed by atoms with Gasteiger partial charge in [0.25, 0.3) is 0 Å². The van der Waals surface area contributed by atoms with E-state index in [9.17, 15) is 0 Å². The predicted molar refractivity (Wildman–Crippen MR) is 36.3 cm³/mol. The van der Waals surface area contributed by atoms with E-state index in [2.05, 4.69) is 17.3 Å². The van der Waals surface area contributed by atoms with Crippen molar-refractivity contribution in [1.29, 1.82) is 0 Å². The Morgan fingerprint density at radius 1 is 1.67 bits per heavy atom. The maximum Gasteiger partial charge on any atom is 0.120 e. The summed E-state index contributed by atoms with van der Waals surface area (Å²) >= 11 is 0. The van der Waals surface area contributed by atoms with Crippen LogP contribution in [0, 0.1) is 0 Å². The fourth-order valence-electron chi connectivity index (χ4n) is 0.952. The third-order valence-corrected chi connectivity index (χ3v) is 1.59. The lowest BCUT2D eigenvalue weighted by Crippen LogP contribution is -2.46. The van der Waals surface area contributed by atoms with Gasteiger partial charge in [0.2, 0.25) is 0 Å². The molecule has 0 aliphatic carbocycles. The van der Waals surface area contributed by atoms with Crippen molar-refractivity contribution in [1.82, 2.24) is 10.2 Å². The zero-order chi connectivity index (χ0) is 6.69. The largest absolute Gasteiger partial charge is 0.361 e. The molecular formula is C6H14N2O. The third-order valence-electron chi connectivity index (χ3n) is 1.59. The number of rotatable bonds is 1. The third kappa shape index (κ3) is 1.93. The highest BCUT2D eigenvalue weighted by atomic mass is 16.5. The summed E-state index contributed by atoms with van der Waals surface area (Å²) in [6.07, 6.45) is 0.240. The summed E-state index contributed by atoms with van der Waals surface area (Å²) in [5.74, 6) is 0. The molecule has 1 rings (SSSR count). The zero-order valence-electron chi connectivity index (χ0n) is 6.05. The van der Waals surface area contributed by atoms with Crippen molar-refractivity contribution in [2.45, 2.75) is 6.23 Å². The lowest BCUT2D eigenvalue weighted by Gasteiger charge is -2.29. The van der Waals surface area contributed by atoms with E-state index < -0.39 is 0 Å². The quantitative estimate of drug-likeness (QED) is 0.517. The standard InChI is InChI=1S/C6H14N2O/c1-7-6-5-8(2)3-4-9-6/h6-7H,3-5H2,1-2H3/t6-/m0/s1. The van der Waals surface area contributed by atoms with Crippen LogP contribution in [0.25, 0.3) is 0 Å². The molecule has 1 atom stereocenters. The van der Waals surface area contributed by atoms with Gasteiger partial charge < -0.3 is 9.64 Å². The van der Waals surface area contributed by atoms with Crippen molar-refractivity contribution in [2.75, 3.05) is 33.8 Å². The van der Waals surface area contributed by atoms with E-state index in [-0.39, 0.29) is 6.23 Å². The molecule has 1 aliphatic heterocycles. The molecule has 1 fully saturated rings. The van der Waals surface area contributed by atoms with E-state index in [1.807, 2.05) is 7.05 Å². The molecule has 0 unspecified atom stereocenters. The minimum Gasteiger partial charge on any atom is -0.361 e. The van der Waals surface area contributed by atoms with Gasteiger partial charge in [-0.15, -0.1) is 0 Å². The highest BCUT2D eigenvalue weighted by Crippen LogP contribution is 1.97. The van der Waals surface area contributed by atoms with Crippen LogP contribution in [-0.2, 0) is 4.74 Å². The van der Waals surface area contributed by atoms with Crippen LogP contribution in [0.2, 0.25) is 0 Å². The van der Waals surface area contributed by atoms with Gasteiger partial charge in [-0.25, -0.2) is 0 Å². The van der Waals surface area contributed by atoms with Crippen LogP contribution >= 0.6 is 0 Å². The SMILES string of the molecule is CN[C@@H]1CN(C)CCO1. The van der Waals surface area contributed by atoms with Gasteiger partial charge in [0, 0.05) is 13.1 Å². The molecule has 0 amide bonds. The molecule has 1 N–H and O–H groups in total. The minimum absolute atomic E-state index is 0.240. The summed E-state index contributed by atoms with van der Waals surface area (Å²) in [6.45, 7) is 2.90. The number of nitrogens with zero attached hydrogens (tertiary/aromatic N) is 1. The van der Waals surface area contributed by atoms with Gasteiger partial charge in [0.15, 0.2) is 0 Å². The number of likely N-dealkylation sites (N-methyl/N-ethyl adjacent to an activating group) is 2. The number of ether oxygens (including phenoxy) is 1. The number of hydrogen-bond acceptors (Lipinski definition) is 3. The first-order chi connectivity index (χ1) is 4.33. The maximum atomic E-state index is 5.34. The van der Waals surface area contributed by atoms with Crippen LogP contribution in [0.3, 0.4) is 0 Å². The summed E-state index contributed by atoms with van der Waals surface area (Å²) in [4.78, 5) is 2.25. The summed E-state index contributed by atoms with van der Waals surface area (Å²) < 4.78 is 5.34. The lowest BCUT2D eigenvalue weighted by atomic mass is 10.4. The van der Waals surface area contributed by atoms with Crippen molar-refractivity contribution in [2.24, 2.45) is 0 Å². The Morgan fingerprint density at radius 3 is 2.89 bits per heavy atom. The fourth-order valence-corrected chi connectivity index (χ4v) is 0.952. The van der Waals surface area contributed by atoms with Gasteiger partial charge >= 0.3 is 0 Å². The molecule has 3 nitrogen and oxygen atoms in total. The van der Waals surface area contributed by atoms with E-state index in [0.717, 1.165) is 19.7 Å². The minimum atomic E-state index is 0.240. The number of nitrogens with one attached hydrogen (secondary N) is 1. The molecule has 54 valence electrons. The Morgan fingerprint density at radius 2 is 2.44 bits per heavy atom. The molecule has 1 heterocycles. The highest BCUT2D eigenvalue weighted by Gasteiger charge is 2.14. The van der Waals surface area contributed by atoms with Crippen molar-refractivity contribution in [3.63, 3.8) is 0 Å². The van der Waals surface area contributed by atoms with Gasteiger partial charge in [-0.05, 0) is 14.1 Å². The van der Waals surface area contributed by atoms with Crippen molar-refractivity contribution >= 4 is 0 Å². The van der Waals surface area contributed by atoms with Crippen molar-refractivity contribution < 1.29 is 4.74 Å². The first kappa shape index (κ1) is 6.99. The Bertz CT molecular complexity index is 87.1. The van der Waals surface area contributed by atoms with Gasteiger partial charge in [0.05, 0.1) is 6.61 Å². The fraction of sp³-hybridized carbons (Fsp3) is 1.00. The highest BCUT2D eigenvalue weighted by molar-refractivity contribution is 4.64. The smallest absolute Gasteiger partial charge is 0.120 e. The zero-order valence-corrected chi connectivity index (χ0v) is 6.05. The molecule has 0 spiro atoms. The molecule has 0 aromatic heterocycles. The van der Waals surface area contributed by atoms with E-state index in [1.54, 1.807) is 0 Å². The van der Waals surface area contributed by atoms with E-state index in [0.29, 0.717) is 0 Å². The molecule has 0 aromatic carbocycles. The summed E-state index contributed by atoms with van der Waals surface area (Å²) in [7, 11) is 4.02. The second-order valence-electron chi connectivity index (χ2n) is 2.41. The topological polar surface area (TPSA) is 24.5 Å². The average Bonchev–Trinajstić information content (AvgIpc) is 1.88. The Kier molecular flexibility index (Phi) is 2.45. The van der Waals surface area contributed by atoms with Crippen LogP contribution in [0.1, 0.15) is 0 Å². The second-order valence-corrected chi connectivity index (χ2v) is 2.41. The number of morpholine rings is 1. The average molecular weight is 130 g/mol. The Hall–Kier alpha value is -0.120. The van der Waals surface area contributed by atoms with E-state index in [1.165, 1.54) is 0 Å². The monoisotopic (exact) mass is 130 g/mol. The van der Waals surface area contributed by atoms with Crippen LogP contribution in [0.5, 0.6) is 0 Å². The predicted octanol–water partition coefficient (Wildman–Crippen LogP) is -0.506. The summed E-state index contributed by atoms with van der Waals surface area (Å²) in [5, 5.41) is 3.07. The molecule has 0 bridgehead atoms. The molecule has 1 saturated heterocycles. The first-order valence-electron chi connectivity index (χ1n) is 3.30. The molecule has 0 aromatic rings. The molecule has 0 radical (unpaired) electrons. The molecule has 3 heteroatoms. The van der Waals surface area contributed by atoms with Gasteiger partial charge in [-0.1, -0.05) is 0 Å². The maximum absolute atomic E-state index is 5.34. The first-order valence-corrected chi connectivity index (χ1v) is 3.30. The van der Waals surface area contributed by atoms with Crippen molar-refractivity contribution in [3.05, 3.63) is 0 Å². The van der Waals surface area contributed by atoms with E-state index in [4.69, 9.17) is 4.74 Å². The number of hydrogen-bond donors (Lipinski definition) is 1. The van der Waals surface area contributed by atoms with Crippen LogP contribution in [-0.4, -0.2) is 44.9 Å². The second kappa shape index (κ2) is 3.15. The Balaban J connectivity index is 2.23. The van der Waals surface area contributed by atoms with Gasteiger partial charge in [0.1, 0.15) is 6.23 Å². The van der Waals surface area contributed by atoms with Crippen LogP contribution < -0.4 is 5.32 Å². The summed E-state index contributed by atoms with van der Waals surface area (Å²) in [6, 6.07) is 0. The molecule has 9 heavy (non-hydrogen) atoms. The summed E-state index contributed by atoms with van der Waals surface area (Å²) in [5.41, 5.74) is 0. The molecule has 1 aliphatic rings. The van der Waals surface area contributed by atoms with E-state index >= 15 is 0 Å². The van der Waals surface area contributed by atoms with Crippen molar-refractivity contribution in [3.8, 4) is 0 Å². The lowest BCUT2D eigenvalue weighted by molar-refractivity contribution is -0.0331. The molecule has 0 saturated carbocycles. The molecular weight excluding hydrogens is 116 g/mol.